The third kappa shape index (κ3) is 3.13. The molecule has 1 aromatic rings. The largest absolute Gasteiger partial charge is 0.478 e. The van der Waals surface area contributed by atoms with Gasteiger partial charge in [-0.2, -0.15) is 0 Å². The number of rotatable bonds is 2. The van der Waals surface area contributed by atoms with Crippen molar-refractivity contribution >= 4 is 5.97 Å². The van der Waals surface area contributed by atoms with E-state index >= 15 is 0 Å². The molecule has 1 aromatic carbocycles. The molecule has 0 aromatic heterocycles. The van der Waals surface area contributed by atoms with E-state index in [1.165, 1.54) is 12.1 Å². The Bertz CT molecular complexity index is 564. The van der Waals surface area contributed by atoms with E-state index in [0.29, 0.717) is 11.8 Å². The first kappa shape index (κ1) is 12.2. The number of carbonyl (C=O) groups is 1. The lowest BCUT2D eigenvalue weighted by atomic mass is 10.1. The van der Waals surface area contributed by atoms with Gasteiger partial charge in [-0.25, -0.2) is 4.79 Å². The van der Waals surface area contributed by atoms with Crippen molar-refractivity contribution in [1.82, 2.24) is 0 Å². The van der Waals surface area contributed by atoms with Crippen LogP contribution in [0, 0.1) is 35.5 Å². The topological polar surface area (TPSA) is 57.5 Å². The van der Waals surface area contributed by atoms with Gasteiger partial charge in [0.2, 0.25) is 0 Å². The zero-order valence-electron chi connectivity index (χ0n) is 9.68. The molecule has 1 aliphatic carbocycles. The number of aliphatic hydroxyl groups is 1. The highest BCUT2D eigenvalue weighted by Crippen LogP contribution is 2.36. The summed E-state index contributed by atoms with van der Waals surface area (Å²) < 4.78 is 0. The summed E-state index contributed by atoms with van der Waals surface area (Å²) >= 11 is 0. The third-order valence-corrected chi connectivity index (χ3v) is 2.82. The summed E-state index contributed by atoms with van der Waals surface area (Å²) in [5.41, 5.74) is 0.985. The van der Waals surface area contributed by atoms with Crippen LogP contribution in [0.15, 0.2) is 24.3 Å². The van der Waals surface area contributed by atoms with Crippen LogP contribution in [0.5, 0.6) is 0 Å². The maximum Gasteiger partial charge on any atom is 0.335 e. The molecule has 2 N–H and O–H groups in total. The van der Waals surface area contributed by atoms with Crippen LogP contribution in [0.1, 0.15) is 22.3 Å². The molecule has 0 saturated heterocycles. The Morgan fingerprint density at radius 2 is 2.00 bits per heavy atom. The van der Waals surface area contributed by atoms with Gasteiger partial charge in [0, 0.05) is 18.1 Å². The molecule has 1 fully saturated rings. The Hall–Kier alpha value is -2.23. The van der Waals surface area contributed by atoms with Crippen molar-refractivity contribution in [1.29, 1.82) is 0 Å². The summed E-state index contributed by atoms with van der Waals surface area (Å²) in [6.45, 7) is 0.198. The van der Waals surface area contributed by atoms with E-state index < -0.39 is 5.97 Å². The van der Waals surface area contributed by atoms with E-state index in [2.05, 4.69) is 23.7 Å². The standard InChI is InChI=1S/C15H12O3/c16-10-14-9-13(14)4-2-1-3-11-5-7-12(8-6-11)15(17)18/h5-8,13-14,16H,9-10H2,(H,17,18)/t13-,14-/m0/s1. The van der Waals surface area contributed by atoms with Gasteiger partial charge in [0.25, 0.3) is 0 Å². The van der Waals surface area contributed by atoms with E-state index in [9.17, 15) is 4.79 Å². The molecule has 0 radical (unpaired) electrons. The molecule has 18 heavy (non-hydrogen) atoms. The molecule has 1 saturated carbocycles. The summed E-state index contributed by atoms with van der Waals surface area (Å²) in [4.78, 5) is 10.6. The van der Waals surface area contributed by atoms with Crippen molar-refractivity contribution in [3.05, 3.63) is 35.4 Å². The van der Waals surface area contributed by atoms with Gasteiger partial charge in [-0.15, -0.1) is 0 Å². The summed E-state index contributed by atoms with van der Waals surface area (Å²) in [7, 11) is 0. The highest BCUT2D eigenvalue weighted by Gasteiger charge is 2.34. The molecular formula is C15H12O3. The molecule has 0 aliphatic heterocycles. The van der Waals surface area contributed by atoms with E-state index in [4.69, 9.17) is 10.2 Å². The molecule has 1 aliphatic rings. The number of aliphatic hydroxyl groups excluding tert-OH is 1. The molecular weight excluding hydrogens is 228 g/mol. The predicted octanol–water partition coefficient (Wildman–Crippen LogP) is 1.37. The number of aromatic carboxylic acids is 1. The van der Waals surface area contributed by atoms with Gasteiger partial charge >= 0.3 is 5.97 Å². The monoisotopic (exact) mass is 240 g/mol. The highest BCUT2D eigenvalue weighted by atomic mass is 16.4. The number of hydrogen-bond acceptors (Lipinski definition) is 2. The van der Waals surface area contributed by atoms with Gasteiger partial charge in [-0.3, -0.25) is 0 Å². The summed E-state index contributed by atoms with van der Waals surface area (Å²) in [6, 6.07) is 6.35. The zero-order valence-corrected chi connectivity index (χ0v) is 9.68. The van der Waals surface area contributed by atoms with Crippen molar-refractivity contribution in [2.75, 3.05) is 6.61 Å². The van der Waals surface area contributed by atoms with Crippen LogP contribution in [0.2, 0.25) is 0 Å². The molecule has 0 spiro atoms. The van der Waals surface area contributed by atoms with Crippen LogP contribution in [0.3, 0.4) is 0 Å². The average Bonchev–Trinajstić information content (AvgIpc) is 3.14. The number of benzene rings is 1. The minimum atomic E-state index is -0.946. The minimum absolute atomic E-state index is 0.198. The zero-order chi connectivity index (χ0) is 13.0. The Morgan fingerprint density at radius 3 is 2.56 bits per heavy atom. The fourth-order valence-electron chi connectivity index (χ4n) is 1.55. The maximum atomic E-state index is 10.6. The van der Waals surface area contributed by atoms with Crippen LogP contribution in [-0.2, 0) is 0 Å². The number of carboxylic acid groups (broad SMARTS) is 1. The number of carboxylic acids is 1. The van der Waals surface area contributed by atoms with Crippen LogP contribution >= 0.6 is 0 Å². The van der Waals surface area contributed by atoms with E-state index in [-0.39, 0.29) is 12.2 Å². The quantitative estimate of drug-likeness (QED) is 0.767. The second kappa shape index (κ2) is 5.40. The van der Waals surface area contributed by atoms with Crippen molar-refractivity contribution in [2.45, 2.75) is 6.42 Å². The Labute approximate surface area is 105 Å². The molecule has 0 unspecified atom stereocenters. The number of hydrogen-bond donors (Lipinski definition) is 2. The lowest BCUT2D eigenvalue weighted by molar-refractivity contribution is 0.0697. The molecule has 2 atom stereocenters. The fourth-order valence-corrected chi connectivity index (χ4v) is 1.55. The SMILES string of the molecule is O=C(O)c1ccc(C#CC#C[C@H]2C[C@H]2CO)cc1. The molecule has 2 rings (SSSR count). The predicted molar refractivity (Wildman–Crippen MR) is 66.7 cm³/mol. The van der Waals surface area contributed by atoms with Crippen LogP contribution in [0.25, 0.3) is 0 Å². The lowest BCUT2D eigenvalue weighted by Gasteiger charge is -1.92. The van der Waals surface area contributed by atoms with Gasteiger partial charge in [0.1, 0.15) is 0 Å². The highest BCUT2D eigenvalue weighted by molar-refractivity contribution is 5.87. The normalized spacial score (nSPS) is 20.1. The first-order valence-electron chi connectivity index (χ1n) is 5.66. The third-order valence-electron chi connectivity index (χ3n) is 2.82. The van der Waals surface area contributed by atoms with E-state index in [1.54, 1.807) is 12.1 Å². The second-order valence-corrected chi connectivity index (χ2v) is 4.19. The van der Waals surface area contributed by atoms with Gasteiger partial charge < -0.3 is 10.2 Å². The van der Waals surface area contributed by atoms with E-state index in [0.717, 1.165) is 12.0 Å². The minimum Gasteiger partial charge on any atom is -0.478 e. The lowest BCUT2D eigenvalue weighted by Crippen LogP contribution is -1.94. The fraction of sp³-hybridized carbons (Fsp3) is 0.267. The molecule has 3 nitrogen and oxygen atoms in total. The summed E-state index contributed by atoms with van der Waals surface area (Å²) in [5.74, 6) is 11.0. The smallest absolute Gasteiger partial charge is 0.335 e. The van der Waals surface area contributed by atoms with Gasteiger partial charge in [-0.1, -0.05) is 11.8 Å². The molecule has 90 valence electrons. The molecule has 0 heterocycles. The Kier molecular flexibility index (Phi) is 3.67. The van der Waals surface area contributed by atoms with Crippen LogP contribution in [-0.4, -0.2) is 22.8 Å². The summed E-state index contributed by atoms with van der Waals surface area (Å²) in [5, 5.41) is 17.6. The molecule has 0 bridgehead atoms. The average molecular weight is 240 g/mol. The van der Waals surface area contributed by atoms with Crippen molar-refractivity contribution < 1.29 is 15.0 Å². The van der Waals surface area contributed by atoms with Crippen LogP contribution in [0.4, 0.5) is 0 Å². The Balaban J connectivity index is 1.96. The maximum absolute atomic E-state index is 10.6. The van der Waals surface area contributed by atoms with Gasteiger partial charge in [-0.05, 0) is 48.4 Å². The molecule has 0 amide bonds. The van der Waals surface area contributed by atoms with Crippen LogP contribution < -0.4 is 0 Å². The first-order valence-corrected chi connectivity index (χ1v) is 5.66. The van der Waals surface area contributed by atoms with Gasteiger partial charge in [0.15, 0.2) is 0 Å². The molecule has 3 heteroatoms. The second-order valence-electron chi connectivity index (χ2n) is 4.19. The first-order chi connectivity index (χ1) is 8.70. The summed E-state index contributed by atoms with van der Waals surface area (Å²) in [6.07, 6.45) is 0.957. The van der Waals surface area contributed by atoms with Crippen molar-refractivity contribution in [3.8, 4) is 23.7 Å². The van der Waals surface area contributed by atoms with E-state index in [1.807, 2.05) is 0 Å². The van der Waals surface area contributed by atoms with Gasteiger partial charge in [0.05, 0.1) is 5.56 Å². The van der Waals surface area contributed by atoms with Crippen molar-refractivity contribution in [3.63, 3.8) is 0 Å². The Morgan fingerprint density at radius 1 is 1.28 bits per heavy atom. The van der Waals surface area contributed by atoms with Crippen molar-refractivity contribution in [2.24, 2.45) is 11.8 Å².